The number of hydrogen-bond acceptors (Lipinski definition) is 4. The number of nitrogens with zero attached hydrogens (tertiary/aromatic N) is 1. The number of ether oxygens (including phenoxy) is 1. The van der Waals surface area contributed by atoms with E-state index in [0.29, 0.717) is 36.6 Å². The minimum atomic E-state index is -3.63. The van der Waals surface area contributed by atoms with Gasteiger partial charge in [0.2, 0.25) is 10.0 Å². The van der Waals surface area contributed by atoms with E-state index in [1.807, 2.05) is 24.3 Å². The minimum absolute atomic E-state index is 0.231. The summed E-state index contributed by atoms with van der Waals surface area (Å²) in [7, 11) is -2.02. The van der Waals surface area contributed by atoms with E-state index >= 15 is 0 Å². The Hall–Kier alpha value is -2.32. The second kappa shape index (κ2) is 9.00. The number of amides is 1. The molecule has 1 aliphatic heterocycles. The van der Waals surface area contributed by atoms with Gasteiger partial charge in [-0.15, -0.1) is 0 Å². The molecule has 1 aliphatic rings. The summed E-state index contributed by atoms with van der Waals surface area (Å²) in [5.41, 5.74) is 2.20. The van der Waals surface area contributed by atoms with E-state index in [4.69, 9.17) is 4.74 Å². The number of benzene rings is 1. The van der Waals surface area contributed by atoms with Gasteiger partial charge in [0.15, 0.2) is 0 Å². The standard InChI is InChI=1S/C21H29N3O4S/c1-15-19(21(25)22-14-17-8-10-18(28-3)11-9-17)23-16(2)20(15)29(26,27)24-12-6-4-5-7-13-24/h8-11,23H,4-7,12-14H2,1-3H3,(H,22,25). The fourth-order valence-corrected chi connectivity index (χ4v) is 5.70. The van der Waals surface area contributed by atoms with Crippen LogP contribution in [0.15, 0.2) is 29.2 Å². The van der Waals surface area contributed by atoms with E-state index in [2.05, 4.69) is 10.3 Å². The van der Waals surface area contributed by atoms with Gasteiger partial charge in [0.05, 0.1) is 7.11 Å². The summed E-state index contributed by atoms with van der Waals surface area (Å²) in [6.07, 6.45) is 3.85. The van der Waals surface area contributed by atoms with Gasteiger partial charge < -0.3 is 15.0 Å². The number of H-pyrrole nitrogens is 1. The van der Waals surface area contributed by atoms with E-state index in [-0.39, 0.29) is 10.8 Å². The fraction of sp³-hybridized carbons (Fsp3) is 0.476. The summed E-state index contributed by atoms with van der Waals surface area (Å²) >= 11 is 0. The molecule has 1 aromatic carbocycles. The molecule has 2 aromatic rings. The van der Waals surface area contributed by atoms with Crippen LogP contribution < -0.4 is 10.1 Å². The number of aryl methyl sites for hydroxylation is 1. The van der Waals surface area contributed by atoms with Crippen LogP contribution >= 0.6 is 0 Å². The van der Waals surface area contributed by atoms with E-state index < -0.39 is 10.0 Å². The Kier molecular flexibility index (Phi) is 6.64. The van der Waals surface area contributed by atoms with E-state index in [9.17, 15) is 13.2 Å². The molecule has 0 spiro atoms. The van der Waals surface area contributed by atoms with Gasteiger partial charge >= 0.3 is 0 Å². The first-order valence-electron chi connectivity index (χ1n) is 9.95. The van der Waals surface area contributed by atoms with Crippen molar-refractivity contribution in [3.05, 3.63) is 46.8 Å². The zero-order valence-corrected chi connectivity index (χ0v) is 18.1. The van der Waals surface area contributed by atoms with Crippen molar-refractivity contribution >= 4 is 15.9 Å². The van der Waals surface area contributed by atoms with Crippen LogP contribution in [0.2, 0.25) is 0 Å². The van der Waals surface area contributed by atoms with Crippen molar-refractivity contribution in [3.8, 4) is 5.75 Å². The lowest BCUT2D eigenvalue weighted by Crippen LogP contribution is -2.32. The smallest absolute Gasteiger partial charge is 0.268 e. The van der Waals surface area contributed by atoms with Gasteiger partial charge in [-0.2, -0.15) is 4.31 Å². The van der Waals surface area contributed by atoms with Crippen molar-refractivity contribution in [2.75, 3.05) is 20.2 Å². The summed E-state index contributed by atoms with van der Waals surface area (Å²) in [6, 6.07) is 7.41. The van der Waals surface area contributed by atoms with E-state index in [1.165, 1.54) is 0 Å². The average molecular weight is 420 g/mol. The van der Waals surface area contributed by atoms with Crippen LogP contribution in [-0.4, -0.2) is 43.8 Å². The van der Waals surface area contributed by atoms with Crippen LogP contribution in [0.1, 0.15) is 53.0 Å². The van der Waals surface area contributed by atoms with Crippen LogP contribution in [0.3, 0.4) is 0 Å². The topological polar surface area (TPSA) is 91.5 Å². The molecule has 2 N–H and O–H groups in total. The van der Waals surface area contributed by atoms with E-state index in [1.54, 1.807) is 25.3 Å². The number of carbonyl (C=O) groups excluding carboxylic acids is 1. The van der Waals surface area contributed by atoms with Gasteiger partial charge in [0.25, 0.3) is 5.91 Å². The summed E-state index contributed by atoms with van der Waals surface area (Å²) in [5, 5.41) is 2.86. The van der Waals surface area contributed by atoms with Gasteiger partial charge in [-0.1, -0.05) is 25.0 Å². The van der Waals surface area contributed by atoms with Crippen molar-refractivity contribution in [1.82, 2.24) is 14.6 Å². The summed E-state index contributed by atoms with van der Waals surface area (Å²) in [5.74, 6) is 0.429. The van der Waals surface area contributed by atoms with Crippen molar-refractivity contribution < 1.29 is 17.9 Å². The third-order valence-corrected chi connectivity index (χ3v) is 7.54. The highest BCUT2D eigenvalue weighted by molar-refractivity contribution is 7.89. The first-order valence-corrected chi connectivity index (χ1v) is 11.4. The number of sulfonamides is 1. The number of hydrogen-bond donors (Lipinski definition) is 2. The Labute approximate surface area is 172 Å². The Bertz CT molecular complexity index is 957. The molecular weight excluding hydrogens is 390 g/mol. The van der Waals surface area contributed by atoms with Gasteiger partial charge in [0, 0.05) is 25.3 Å². The number of nitrogens with one attached hydrogen (secondary N) is 2. The molecule has 1 aromatic heterocycles. The lowest BCUT2D eigenvalue weighted by Gasteiger charge is -2.20. The lowest BCUT2D eigenvalue weighted by molar-refractivity contribution is 0.0945. The van der Waals surface area contributed by atoms with Gasteiger partial charge in [0.1, 0.15) is 16.3 Å². The van der Waals surface area contributed by atoms with Crippen molar-refractivity contribution in [1.29, 1.82) is 0 Å². The molecule has 158 valence electrons. The SMILES string of the molecule is COc1ccc(CNC(=O)c2[nH]c(C)c(S(=O)(=O)N3CCCCCC3)c2C)cc1. The Morgan fingerprint density at radius 2 is 1.72 bits per heavy atom. The molecule has 2 heterocycles. The first kappa shape index (κ1) is 21.4. The second-order valence-electron chi connectivity index (χ2n) is 7.43. The molecule has 0 aliphatic carbocycles. The summed E-state index contributed by atoms with van der Waals surface area (Å²) < 4.78 is 33.1. The maximum Gasteiger partial charge on any atom is 0.268 e. The quantitative estimate of drug-likeness (QED) is 0.752. The van der Waals surface area contributed by atoms with Crippen LogP contribution in [-0.2, 0) is 16.6 Å². The molecule has 1 saturated heterocycles. The largest absolute Gasteiger partial charge is 0.497 e. The molecule has 3 rings (SSSR count). The molecule has 1 fully saturated rings. The van der Waals surface area contributed by atoms with Crippen molar-refractivity contribution in [2.45, 2.75) is 51.0 Å². The van der Waals surface area contributed by atoms with Crippen LogP contribution in [0.5, 0.6) is 5.75 Å². The van der Waals surface area contributed by atoms with Crippen molar-refractivity contribution in [3.63, 3.8) is 0 Å². The highest BCUT2D eigenvalue weighted by Crippen LogP contribution is 2.28. The highest BCUT2D eigenvalue weighted by Gasteiger charge is 2.31. The third kappa shape index (κ3) is 4.64. The predicted octanol–water partition coefficient (Wildman–Crippen LogP) is 3.13. The monoisotopic (exact) mass is 419 g/mol. The molecule has 0 bridgehead atoms. The Balaban J connectivity index is 1.77. The maximum atomic E-state index is 13.2. The number of aromatic nitrogens is 1. The van der Waals surface area contributed by atoms with Gasteiger partial charge in [-0.25, -0.2) is 8.42 Å². The average Bonchev–Trinajstić information content (AvgIpc) is 2.89. The zero-order chi connectivity index (χ0) is 21.0. The van der Waals surface area contributed by atoms with Crippen LogP contribution in [0.4, 0.5) is 0 Å². The molecule has 0 atom stereocenters. The van der Waals surface area contributed by atoms with Gasteiger partial charge in [-0.3, -0.25) is 4.79 Å². The number of carbonyl (C=O) groups is 1. The van der Waals surface area contributed by atoms with Crippen LogP contribution in [0.25, 0.3) is 0 Å². The molecule has 8 heteroatoms. The molecule has 0 radical (unpaired) electrons. The van der Waals surface area contributed by atoms with Crippen molar-refractivity contribution in [2.24, 2.45) is 0 Å². The molecular formula is C21H29N3O4S. The third-order valence-electron chi connectivity index (χ3n) is 5.37. The van der Waals surface area contributed by atoms with Crippen LogP contribution in [0, 0.1) is 13.8 Å². The lowest BCUT2D eigenvalue weighted by atomic mass is 10.2. The number of rotatable bonds is 6. The molecule has 1 amide bonds. The number of methoxy groups -OCH3 is 1. The maximum absolute atomic E-state index is 13.2. The summed E-state index contributed by atoms with van der Waals surface area (Å²) in [6.45, 7) is 4.81. The van der Waals surface area contributed by atoms with E-state index in [0.717, 1.165) is 37.0 Å². The van der Waals surface area contributed by atoms with Gasteiger partial charge in [-0.05, 0) is 49.9 Å². The Morgan fingerprint density at radius 1 is 1.10 bits per heavy atom. The fourth-order valence-electron chi connectivity index (χ4n) is 3.77. The number of aromatic amines is 1. The molecule has 29 heavy (non-hydrogen) atoms. The first-order chi connectivity index (χ1) is 13.8. The highest BCUT2D eigenvalue weighted by atomic mass is 32.2. The zero-order valence-electron chi connectivity index (χ0n) is 17.2. The molecule has 0 saturated carbocycles. The normalized spacial score (nSPS) is 15.7. The Morgan fingerprint density at radius 3 is 2.31 bits per heavy atom. The second-order valence-corrected chi connectivity index (χ2v) is 9.30. The molecule has 7 nitrogen and oxygen atoms in total. The molecule has 0 unspecified atom stereocenters. The minimum Gasteiger partial charge on any atom is -0.497 e. The predicted molar refractivity (Wildman–Crippen MR) is 112 cm³/mol. The summed E-state index contributed by atoms with van der Waals surface area (Å²) in [4.78, 5) is 15.9.